The van der Waals surface area contributed by atoms with Crippen molar-refractivity contribution in [2.75, 3.05) is 0 Å². The van der Waals surface area contributed by atoms with Gasteiger partial charge in [0.1, 0.15) is 17.6 Å². The molecule has 0 bridgehead atoms. The first-order valence-corrected chi connectivity index (χ1v) is 5.92. The van der Waals surface area contributed by atoms with E-state index in [1.165, 1.54) is 0 Å². The Balaban J connectivity index is 2.29. The summed E-state index contributed by atoms with van der Waals surface area (Å²) in [6.45, 7) is 2.05. The van der Waals surface area contributed by atoms with Crippen LogP contribution in [-0.4, -0.2) is 0 Å². The quantitative estimate of drug-likeness (QED) is 0.648. The molecule has 3 nitrogen and oxygen atoms in total. The van der Waals surface area contributed by atoms with Crippen molar-refractivity contribution in [2.45, 2.75) is 19.4 Å². The van der Waals surface area contributed by atoms with Gasteiger partial charge in [-0.15, -0.1) is 0 Å². The number of halogens is 1. The maximum absolute atomic E-state index is 5.86. The first kappa shape index (κ1) is 12.2. The fourth-order valence-corrected chi connectivity index (χ4v) is 1.86. The summed E-state index contributed by atoms with van der Waals surface area (Å²) in [5.74, 6) is 7.35. The molecular formula is C13H15ClN2O. The Morgan fingerprint density at radius 3 is 2.47 bits per heavy atom. The van der Waals surface area contributed by atoms with Crippen LogP contribution in [0.15, 0.2) is 40.8 Å². The van der Waals surface area contributed by atoms with Crippen LogP contribution in [0, 0.1) is 0 Å². The number of nitrogens with one attached hydrogen (secondary N) is 1. The van der Waals surface area contributed by atoms with Gasteiger partial charge in [-0.25, -0.2) is 5.43 Å². The molecule has 0 amide bonds. The van der Waals surface area contributed by atoms with E-state index in [1.807, 2.05) is 36.4 Å². The number of aryl methyl sites for hydroxylation is 1. The molecule has 0 spiro atoms. The lowest BCUT2D eigenvalue weighted by Gasteiger charge is -2.13. The monoisotopic (exact) mass is 250 g/mol. The number of hydrazine groups is 1. The lowest BCUT2D eigenvalue weighted by molar-refractivity contribution is 0.425. The van der Waals surface area contributed by atoms with Gasteiger partial charge in [0, 0.05) is 11.4 Å². The maximum atomic E-state index is 5.86. The summed E-state index contributed by atoms with van der Waals surface area (Å²) < 4.78 is 5.69. The molecule has 0 saturated heterocycles. The summed E-state index contributed by atoms with van der Waals surface area (Å²) in [6.07, 6.45) is 0.873. The lowest BCUT2D eigenvalue weighted by atomic mass is 10.1. The highest BCUT2D eigenvalue weighted by molar-refractivity contribution is 6.30. The number of rotatable bonds is 4. The van der Waals surface area contributed by atoms with Crippen molar-refractivity contribution in [1.29, 1.82) is 0 Å². The van der Waals surface area contributed by atoms with Crippen molar-refractivity contribution in [3.05, 3.63) is 58.5 Å². The standard InChI is InChI=1S/C13H15ClN2O/c1-2-11-7-8-12(17-11)13(16-15)9-3-5-10(14)6-4-9/h3-8,13,16H,2,15H2,1H3. The average molecular weight is 251 g/mol. The summed E-state index contributed by atoms with van der Waals surface area (Å²) in [7, 11) is 0. The molecule has 1 heterocycles. The fraction of sp³-hybridized carbons (Fsp3) is 0.231. The normalized spacial score (nSPS) is 12.6. The van der Waals surface area contributed by atoms with Crippen LogP contribution < -0.4 is 11.3 Å². The predicted octanol–water partition coefficient (Wildman–Crippen LogP) is 3.05. The fourth-order valence-electron chi connectivity index (χ4n) is 1.74. The molecule has 0 aliphatic heterocycles. The van der Waals surface area contributed by atoms with Crippen molar-refractivity contribution in [3.8, 4) is 0 Å². The van der Waals surface area contributed by atoms with Crippen LogP contribution in [0.1, 0.15) is 30.0 Å². The molecule has 2 rings (SSSR count). The van der Waals surface area contributed by atoms with Crippen molar-refractivity contribution in [1.82, 2.24) is 5.43 Å². The molecule has 2 aromatic rings. The van der Waals surface area contributed by atoms with E-state index in [9.17, 15) is 0 Å². The van der Waals surface area contributed by atoms with Gasteiger partial charge in [-0.1, -0.05) is 30.7 Å². The highest BCUT2D eigenvalue weighted by atomic mass is 35.5. The van der Waals surface area contributed by atoms with E-state index in [2.05, 4.69) is 12.3 Å². The second kappa shape index (κ2) is 5.36. The van der Waals surface area contributed by atoms with Gasteiger partial charge in [0.25, 0.3) is 0 Å². The largest absolute Gasteiger partial charge is 0.464 e. The Hall–Kier alpha value is -1.29. The van der Waals surface area contributed by atoms with Gasteiger partial charge < -0.3 is 4.42 Å². The van der Waals surface area contributed by atoms with Crippen molar-refractivity contribution >= 4 is 11.6 Å². The average Bonchev–Trinajstić information content (AvgIpc) is 2.81. The van der Waals surface area contributed by atoms with Crippen LogP contribution in [0.25, 0.3) is 0 Å². The third kappa shape index (κ3) is 2.69. The Morgan fingerprint density at radius 1 is 1.24 bits per heavy atom. The van der Waals surface area contributed by atoms with Gasteiger partial charge in [-0.2, -0.15) is 0 Å². The van der Waals surface area contributed by atoms with Gasteiger partial charge in [0.15, 0.2) is 0 Å². The Labute approximate surface area is 106 Å². The third-order valence-corrected chi connectivity index (χ3v) is 2.94. The van der Waals surface area contributed by atoms with Crippen LogP contribution in [0.3, 0.4) is 0 Å². The van der Waals surface area contributed by atoms with E-state index in [0.29, 0.717) is 5.02 Å². The molecule has 1 aromatic carbocycles. The second-order valence-electron chi connectivity index (χ2n) is 3.81. The zero-order valence-electron chi connectivity index (χ0n) is 9.61. The molecule has 3 N–H and O–H groups in total. The molecule has 0 aliphatic carbocycles. The smallest absolute Gasteiger partial charge is 0.126 e. The van der Waals surface area contributed by atoms with Crippen molar-refractivity contribution in [2.24, 2.45) is 5.84 Å². The number of nitrogens with two attached hydrogens (primary N) is 1. The Kier molecular flexibility index (Phi) is 3.84. The van der Waals surface area contributed by atoms with E-state index >= 15 is 0 Å². The molecule has 0 aliphatic rings. The van der Waals surface area contributed by atoms with Crippen LogP contribution in [0.4, 0.5) is 0 Å². The van der Waals surface area contributed by atoms with E-state index in [1.54, 1.807) is 0 Å². The molecule has 0 saturated carbocycles. The molecular weight excluding hydrogens is 236 g/mol. The van der Waals surface area contributed by atoms with Crippen molar-refractivity contribution < 1.29 is 4.42 Å². The summed E-state index contributed by atoms with van der Waals surface area (Å²) in [5.41, 5.74) is 3.78. The van der Waals surface area contributed by atoms with Gasteiger partial charge in [-0.3, -0.25) is 5.84 Å². The Morgan fingerprint density at radius 2 is 1.94 bits per heavy atom. The predicted molar refractivity (Wildman–Crippen MR) is 68.7 cm³/mol. The number of furan rings is 1. The highest BCUT2D eigenvalue weighted by Crippen LogP contribution is 2.24. The van der Waals surface area contributed by atoms with Crippen LogP contribution in [0.5, 0.6) is 0 Å². The zero-order valence-corrected chi connectivity index (χ0v) is 10.4. The second-order valence-corrected chi connectivity index (χ2v) is 4.25. The minimum absolute atomic E-state index is 0.146. The summed E-state index contributed by atoms with van der Waals surface area (Å²) in [6, 6.07) is 11.3. The van der Waals surface area contributed by atoms with Crippen LogP contribution in [0.2, 0.25) is 5.02 Å². The number of hydrogen-bond acceptors (Lipinski definition) is 3. The molecule has 1 unspecified atom stereocenters. The Bertz CT molecular complexity index is 478. The molecule has 1 aromatic heterocycles. The van der Waals surface area contributed by atoms with Crippen molar-refractivity contribution in [3.63, 3.8) is 0 Å². The minimum Gasteiger partial charge on any atom is -0.464 e. The van der Waals surface area contributed by atoms with E-state index in [-0.39, 0.29) is 6.04 Å². The molecule has 4 heteroatoms. The summed E-state index contributed by atoms with van der Waals surface area (Å²) >= 11 is 5.86. The molecule has 90 valence electrons. The SMILES string of the molecule is CCc1ccc(C(NN)c2ccc(Cl)cc2)o1. The molecule has 17 heavy (non-hydrogen) atoms. The number of hydrogen-bond donors (Lipinski definition) is 2. The van der Waals surface area contributed by atoms with E-state index < -0.39 is 0 Å². The summed E-state index contributed by atoms with van der Waals surface area (Å²) in [4.78, 5) is 0. The lowest BCUT2D eigenvalue weighted by Crippen LogP contribution is -2.28. The minimum atomic E-state index is -0.146. The summed E-state index contributed by atoms with van der Waals surface area (Å²) in [5, 5.41) is 0.707. The first-order valence-electron chi connectivity index (χ1n) is 5.54. The molecule has 1 atom stereocenters. The highest BCUT2D eigenvalue weighted by Gasteiger charge is 2.15. The van der Waals surface area contributed by atoms with Gasteiger partial charge in [0.2, 0.25) is 0 Å². The van der Waals surface area contributed by atoms with E-state index in [4.69, 9.17) is 21.9 Å². The van der Waals surface area contributed by atoms with Gasteiger partial charge in [-0.05, 0) is 29.8 Å². The maximum Gasteiger partial charge on any atom is 0.126 e. The zero-order chi connectivity index (χ0) is 12.3. The van der Waals surface area contributed by atoms with E-state index in [0.717, 1.165) is 23.5 Å². The molecule has 0 radical (unpaired) electrons. The van der Waals surface area contributed by atoms with Crippen LogP contribution in [-0.2, 0) is 6.42 Å². The molecule has 0 fully saturated rings. The van der Waals surface area contributed by atoms with Gasteiger partial charge >= 0.3 is 0 Å². The third-order valence-electron chi connectivity index (χ3n) is 2.69. The first-order chi connectivity index (χ1) is 8.24. The van der Waals surface area contributed by atoms with Crippen LogP contribution >= 0.6 is 11.6 Å². The van der Waals surface area contributed by atoms with Gasteiger partial charge in [0.05, 0.1) is 0 Å². The topological polar surface area (TPSA) is 51.2 Å². The number of benzene rings is 1.